The van der Waals surface area contributed by atoms with Crippen LogP contribution in [0.2, 0.25) is 0 Å². The topological polar surface area (TPSA) is 57.6 Å². The molecule has 0 bridgehead atoms. The predicted octanol–water partition coefficient (Wildman–Crippen LogP) is 4.33. The summed E-state index contributed by atoms with van der Waals surface area (Å²) in [5, 5.41) is 9.28. The minimum absolute atomic E-state index is 0.150. The minimum Gasteiger partial charge on any atom is -0.478 e. The number of carboxylic acids is 1. The van der Waals surface area contributed by atoms with E-state index in [9.17, 15) is 14.7 Å². The van der Waals surface area contributed by atoms with Gasteiger partial charge in [0.25, 0.3) is 0 Å². The summed E-state index contributed by atoms with van der Waals surface area (Å²) in [5.41, 5.74) is 2.38. The second-order valence-electron chi connectivity index (χ2n) is 7.22. The van der Waals surface area contributed by atoms with Crippen molar-refractivity contribution in [1.82, 2.24) is 4.90 Å². The molecule has 1 amide bonds. The van der Waals surface area contributed by atoms with Gasteiger partial charge in [0, 0.05) is 19.0 Å². The number of likely N-dealkylation sites (tertiary alicyclic amines) is 1. The number of hydrogen-bond donors (Lipinski definition) is 1. The lowest BCUT2D eigenvalue weighted by Gasteiger charge is -2.25. The molecule has 1 unspecified atom stereocenters. The first-order valence-corrected chi connectivity index (χ1v) is 9.80. The lowest BCUT2D eigenvalue weighted by atomic mass is 10.0. The fraction of sp³-hybridized carbons (Fsp3) is 0.391. The molecule has 4 nitrogen and oxygen atoms in total. The molecule has 1 heterocycles. The number of nitrogens with zero attached hydrogens (tertiary/aromatic N) is 1. The van der Waals surface area contributed by atoms with Crippen molar-refractivity contribution in [2.45, 2.75) is 51.0 Å². The van der Waals surface area contributed by atoms with Gasteiger partial charge in [-0.1, -0.05) is 48.5 Å². The smallest absolute Gasteiger partial charge is 0.335 e. The third-order valence-corrected chi connectivity index (χ3v) is 5.40. The van der Waals surface area contributed by atoms with E-state index in [4.69, 9.17) is 0 Å². The standard InChI is InChI=1S/C23H27NO3/c25-22(16-15-19-11-4-5-14-21(19)23(26)27)24-17-7-13-20(24)12-6-10-18-8-2-1-3-9-18/h1-5,8-9,11,14,20H,6-7,10,12-13,15-17H2,(H,26,27). The van der Waals surface area contributed by atoms with Crippen LogP contribution in [0.4, 0.5) is 0 Å². The third kappa shape index (κ3) is 5.19. The van der Waals surface area contributed by atoms with Crippen molar-refractivity contribution in [3.63, 3.8) is 0 Å². The number of aryl methyl sites for hydroxylation is 2. The summed E-state index contributed by atoms with van der Waals surface area (Å²) in [6, 6.07) is 17.7. The SMILES string of the molecule is O=C(O)c1ccccc1CCC(=O)N1CCCC1CCCc1ccccc1. The fourth-order valence-electron chi connectivity index (χ4n) is 3.98. The molecule has 2 aromatic rings. The highest BCUT2D eigenvalue weighted by Gasteiger charge is 2.28. The van der Waals surface area contributed by atoms with Gasteiger partial charge in [-0.15, -0.1) is 0 Å². The van der Waals surface area contributed by atoms with Crippen LogP contribution in [-0.4, -0.2) is 34.5 Å². The van der Waals surface area contributed by atoms with Crippen molar-refractivity contribution in [3.05, 3.63) is 71.3 Å². The Balaban J connectivity index is 1.51. The highest BCUT2D eigenvalue weighted by Crippen LogP contribution is 2.24. The average Bonchev–Trinajstić information content (AvgIpc) is 3.16. The first-order chi connectivity index (χ1) is 13.1. The summed E-state index contributed by atoms with van der Waals surface area (Å²) in [6.07, 6.45) is 6.16. The molecule has 0 aliphatic carbocycles. The molecule has 4 heteroatoms. The Morgan fingerprint density at radius 1 is 1.00 bits per heavy atom. The van der Waals surface area contributed by atoms with Crippen molar-refractivity contribution in [3.8, 4) is 0 Å². The molecular formula is C23H27NO3. The Labute approximate surface area is 160 Å². The van der Waals surface area contributed by atoms with Crippen LogP contribution < -0.4 is 0 Å². The van der Waals surface area contributed by atoms with Gasteiger partial charge in [0.2, 0.25) is 5.91 Å². The highest BCUT2D eigenvalue weighted by atomic mass is 16.4. The van der Waals surface area contributed by atoms with E-state index in [0.717, 1.165) is 44.2 Å². The van der Waals surface area contributed by atoms with Crippen LogP contribution in [0.5, 0.6) is 0 Å². The first-order valence-electron chi connectivity index (χ1n) is 9.80. The van der Waals surface area contributed by atoms with Crippen molar-refractivity contribution in [2.24, 2.45) is 0 Å². The Hall–Kier alpha value is -2.62. The second-order valence-corrected chi connectivity index (χ2v) is 7.22. The number of carboxylic acid groups (broad SMARTS) is 1. The summed E-state index contributed by atoms with van der Waals surface area (Å²) in [5.74, 6) is -0.782. The fourth-order valence-corrected chi connectivity index (χ4v) is 3.98. The summed E-state index contributed by atoms with van der Waals surface area (Å²) < 4.78 is 0. The van der Waals surface area contributed by atoms with Gasteiger partial charge in [-0.05, 0) is 55.7 Å². The van der Waals surface area contributed by atoms with E-state index in [1.807, 2.05) is 17.0 Å². The van der Waals surface area contributed by atoms with Crippen LogP contribution in [0.3, 0.4) is 0 Å². The molecule has 27 heavy (non-hydrogen) atoms. The Bertz CT molecular complexity index is 772. The maximum absolute atomic E-state index is 12.7. The predicted molar refractivity (Wildman–Crippen MR) is 106 cm³/mol. The van der Waals surface area contributed by atoms with Crippen LogP contribution in [0, 0.1) is 0 Å². The number of hydrogen-bond acceptors (Lipinski definition) is 2. The van der Waals surface area contributed by atoms with Gasteiger partial charge in [-0.2, -0.15) is 0 Å². The summed E-state index contributed by atoms with van der Waals surface area (Å²) in [7, 11) is 0. The zero-order chi connectivity index (χ0) is 19.1. The third-order valence-electron chi connectivity index (χ3n) is 5.40. The van der Waals surface area contributed by atoms with Crippen molar-refractivity contribution >= 4 is 11.9 Å². The van der Waals surface area contributed by atoms with Crippen LogP contribution >= 0.6 is 0 Å². The van der Waals surface area contributed by atoms with E-state index >= 15 is 0 Å². The zero-order valence-electron chi connectivity index (χ0n) is 15.6. The van der Waals surface area contributed by atoms with Gasteiger partial charge in [0.15, 0.2) is 0 Å². The van der Waals surface area contributed by atoms with E-state index in [0.29, 0.717) is 24.4 Å². The second kappa shape index (κ2) is 9.36. The average molecular weight is 365 g/mol. The molecule has 1 fully saturated rings. The molecule has 142 valence electrons. The van der Waals surface area contributed by atoms with E-state index in [1.165, 1.54) is 5.56 Å². The molecule has 0 radical (unpaired) electrons. The van der Waals surface area contributed by atoms with Crippen LogP contribution in [0.15, 0.2) is 54.6 Å². The maximum atomic E-state index is 12.7. The van der Waals surface area contributed by atoms with E-state index in [-0.39, 0.29) is 5.91 Å². The van der Waals surface area contributed by atoms with Crippen molar-refractivity contribution in [1.29, 1.82) is 0 Å². The maximum Gasteiger partial charge on any atom is 0.335 e. The van der Waals surface area contributed by atoms with Gasteiger partial charge >= 0.3 is 5.97 Å². The lowest BCUT2D eigenvalue weighted by molar-refractivity contribution is -0.132. The van der Waals surface area contributed by atoms with Crippen molar-refractivity contribution in [2.75, 3.05) is 6.54 Å². The number of aromatic carboxylic acids is 1. The molecule has 1 aliphatic heterocycles. The normalized spacial score (nSPS) is 16.4. The molecule has 1 atom stereocenters. The molecule has 3 rings (SSSR count). The highest BCUT2D eigenvalue weighted by molar-refractivity contribution is 5.89. The van der Waals surface area contributed by atoms with E-state index in [2.05, 4.69) is 24.3 Å². The number of carbonyl (C=O) groups is 2. The monoisotopic (exact) mass is 365 g/mol. The minimum atomic E-state index is -0.932. The first kappa shape index (κ1) is 19.2. The summed E-state index contributed by atoms with van der Waals surface area (Å²) in [6.45, 7) is 0.829. The molecule has 2 aromatic carbocycles. The van der Waals surface area contributed by atoms with Gasteiger partial charge in [-0.3, -0.25) is 4.79 Å². The molecule has 1 saturated heterocycles. The Morgan fingerprint density at radius 3 is 2.52 bits per heavy atom. The number of benzene rings is 2. The van der Waals surface area contributed by atoms with Gasteiger partial charge < -0.3 is 10.0 Å². The molecule has 1 aliphatic rings. The molecule has 0 aromatic heterocycles. The van der Waals surface area contributed by atoms with E-state index < -0.39 is 5.97 Å². The zero-order valence-corrected chi connectivity index (χ0v) is 15.6. The molecular weight excluding hydrogens is 338 g/mol. The molecule has 0 spiro atoms. The Kier molecular flexibility index (Phi) is 6.64. The van der Waals surface area contributed by atoms with Crippen molar-refractivity contribution < 1.29 is 14.7 Å². The quantitative estimate of drug-likeness (QED) is 0.757. The van der Waals surface area contributed by atoms with Gasteiger partial charge in [0.05, 0.1) is 5.56 Å². The molecule has 1 N–H and O–H groups in total. The largest absolute Gasteiger partial charge is 0.478 e. The van der Waals surface area contributed by atoms with Gasteiger partial charge in [-0.25, -0.2) is 4.79 Å². The summed E-state index contributed by atoms with van der Waals surface area (Å²) >= 11 is 0. The Morgan fingerprint density at radius 2 is 1.74 bits per heavy atom. The van der Waals surface area contributed by atoms with Gasteiger partial charge in [0.1, 0.15) is 0 Å². The van der Waals surface area contributed by atoms with Crippen LogP contribution in [0.1, 0.15) is 53.6 Å². The lowest BCUT2D eigenvalue weighted by Crippen LogP contribution is -2.35. The molecule has 0 saturated carbocycles. The van der Waals surface area contributed by atoms with Crippen LogP contribution in [0.25, 0.3) is 0 Å². The number of amides is 1. The summed E-state index contributed by atoms with van der Waals surface area (Å²) in [4.78, 5) is 26.1. The van der Waals surface area contributed by atoms with Crippen LogP contribution in [-0.2, 0) is 17.6 Å². The number of carbonyl (C=O) groups excluding carboxylic acids is 1. The number of rotatable bonds is 8. The van der Waals surface area contributed by atoms with E-state index in [1.54, 1.807) is 18.2 Å².